The molecule has 0 saturated heterocycles. The summed E-state index contributed by atoms with van der Waals surface area (Å²) >= 11 is 0. The van der Waals surface area contributed by atoms with Crippen molar-refractivity contribution in [2.24, 2.45) is 0 Å². The van der Waals surface area contributed by atoms with Gasteiger partial charge < -0.3 is 0 Å². The first kappa shape index (κ1) is 12.5. The largest absolute Gasteiger partial charge is 0.276 e. The third-order valence-electron chi connectivity index (χ3n) is 4.25. The van der Waals surface area contributed by atoms with E-state index >= 15 is 0 Å². The van der Waals surface area contributed by atoms with E-state index in [1.54, 1.807) is 4.52 Å². The smallest absolute Gasteiger partial charge is 0.274 e. The molecule has 2 aromatic heterocycles. The summed E-state index contributed by atoms with van der Waals surface area (Å²) < 4.78 is 1.62. The number of pyridine rings is 1. The summed E-state index contributed by atoms with van der Waals surface area (Å²) in [5, 5.41) is 3.20. The molecule has 0 atom stereocenters. The van der Waals surface area contributed by atoms with Crippen molar-refractivity contribution in [3.05, 3.63) is 33.4 Å². The first-order valence-corrected chi connectivity index (χ1v) is 7.26. The van der Waals surface area contributed by atoms with Crippen molar-refractivity contribution in [1.29, 1.82) is 0 Å². The van der Waals surface area contributed by atoms with Crippen molar-refractivity contribution >= 4 is 5.65 Å². The molecule has 1 fully saturated rings. The van der Waals surface area contributed by atoms with Gasteiger partial charge in [0.05, 0.1) is 0 Å². The highest BCUT2D eigenvalue weighted by Gasteiger charge is 2.24. The Bertz CT molecular complexity index is 662. The fourth-order valence-corrected chi connectivity index (χ4v) is 2.84. The van der Waals surface area contributed by atoms with Crippen LogP contribution in [0.25, 0.3) is 5.65 Å². The van der Waals surface area contributed by atoms with E-state index in [-0.39, 0.29) is 5.56 Å². The van der Waals surface area contributed by atoms with Gasteiger partial charge in [0.25, 0.3) is 5.56 Å². The molecule has 1 aliphatic carbocycles. The molecule has 19 heavy (non-hydrogen) atoms. The zero-order chi connectivity index (χ0) is 13.6. The molecular weight excluding hydrogens is 238 g/mol. The van der Waals surface area contributed by atoms with Crippen LogP contribution in [0, 0.1) is 0 Å². The number of nitrogens with zero attached hydrogens (tertiary/aromatic N) is 2. The van der Waals surface area contributed by atoms with Gasteiger partial charge in [-0.25, -0.2) is 4.98 Å². The molecule has 4 nitrogen and oxygen atoms in total. The Balaban J connectivity index is 2.21. The summed E-state index contributed by atoms with van der Waals surface area (Å²) in [7, 11) is 0. The highest BCUT2D eigenvalue weighted by molar-refractivity contribution is 5.45. The lowest BCUT2D eigenvalue weighted by molar-refractivity contribution is 0.401. The van der Waals surface area contributed by atoms with Crippen LogP contribution < -0.4 is 5.56 Å². The first-order valence-electron chi connectivity index (χ1n) is 7.26. The van der Waals surface area contributed by atoms with E-state index in [4.69, 9.17) is 0 Å². The Labute approximate surface area is 112 Å². The number of aromatic amines is 1. The van der Waals surface area contributed by atoms with E-state index in [1.807, 2.05) is 6.92 Å². The third kappa shape index (κ3) is 1.90. The van der Waals surface area contributed by atoms with E-state index in [0.29, 0.717) is 11.8 Å². The lowest BCUT2D eigenvalue weighted by Gasteiger charge is -2.22. The fourth-order valence-electron chi connectivity index (χ4n) is 2.84. The van der Waals surface area contributed by atoms with Crippen molar-refractivity contribution in [3.8, 4) is 0 Å². The minimum Gasteiger partial charge on any atom is -0.276 e. The second kappa shape index (κ2) is 4.51. The SMILES string of the molecule is CCc1c(C(C)C)cc2nc(C3CCC3)[nH]n2c1=O. The number of H-pyrrole nitrogens is 1. The molecule has 2 heterocycles. The maximum absolute atomic E-state index is 12.5. The van der Waals surface area contributed by atoms with Gasteiger partial charge in [0.2, 0.25) is 0 Å². The Morgan fingerprint density at radius 3 is 2.74 bits per heavy atom. The van der Waals surface area contributed by atoms with Crippen LogP contribution in [-0.4, -0.2) is 14.6 Å². The summed E-state index contributed by atoms with van der Waals surface area (Å²) in [5.41, 5.74) is 2.89. The number of rotatable bonds is 3. The van der Waals surface area contributed by atoms with Crippen LogP contribution in [0.4, 0.5) is 0 Å². The van der Waals surface area contributed by atoms with E-state index in [0.717, 1.165) is 29.0 Å². The molecule has 0 aromatic carbocycles. The Morgan fingerprint density at radius 2 is 2.21 bits per heavy atom. The lowest BCUT2D eigenvalue weighted by Crippen LogP contribution is -2.21. The van der Waals surface area contributed by atoms with Gasteiger partial charge in [0.1, 0.15) is 5.82 Å². The van der Waals surface area contributed by atoms with Gasteiger partial charge >= 0.3 is 0 Å². The Morgan fingerprint density at radius 1 is 1.47 bits per heavy atom. The van der Waals surface area contributed by atoms with E-state index in [9.17, 15) is 4.79 Å². The maximum atomic E-state index is 12.5. The Kier molecular flexibility index (Phi) is 2.96. The van der Waals surface area contributed by atoms with Crippen LogP contribution in [0.3, 0.4) is 0 Å². The second-order valence-corrected chi connectivity index (χ2v) is 5.82. The monoisotopic (exact) mass is 259 g/mol. The van der Waals surface area contributed by atoms with E-state index in [1.165, 1.54) is 19.3 Å². The molecule has 1 aliphatic rings. The van der Waals surface area contributed by atoms with Gasteiger partial charge in [-0.05, 0) is 36.8 Å². The van der Waals surface area contributed by atoms with Crippen molar-refractivity contribution in [2.75, 3.05) is 0 Å². The summed E-state index contributed by atoms with van der Waals surface area (Å²) in [6.07, 6.45) is 4.42. The molecule has 0 aliphatic heterocycles. The van der Waals surface area contributed by atoms with Gasteiger partial charge in [-0.3, -0.25) is 9.89 Å². The van der Waals surface area contributed by atoms with Crippen LogP contribution in [0.2, 0.25) is 0 Å². The fraction of sp³-hybridized carbons (Fsp3) is 0.600. The highest BCUT2D eigenvalue weighted by Crippen LogP contribution is 2.34. The molecule has 0 radical (unpaired) electrons. The predicted octanol–water partition coefficient (Wildman–Crippen LogP) is 2.98. The molecule has 2 aromatic rings. The molecule has 0 amide bonds. The average Bonchev–Trinajstić information content (AvgIpc) is 2.70. The van der Waals surface area contributed by atoms with Gasteiger partial charge in [-0.1, -0.05) is 27.2 Å². The van der Waals surface area contributed by atoms with Gasteiger partial charge in [0, 0.05) is 11.5 Å². The molecule has 1 N–H and O–H groups in total. The van der Waals surface area contributed by atoms with Crippen LogP contribution in [0.5, 0.6) is 0 Å². The zero-order valence-corrected chi connectivity index (χ0v) is 11.9. The van der Waals surface area contributed by atoms with Gasteiger partial charge in [-0.2, -0.15) is 4.52 Å². The molecule has 0 unspecified atom stereocenters. The second-order valence-electron chi connectivity index (χ2n) is 5.82. The highest BCUT2D eigenvalue weighted by atomic mass is 16.1. The van der Waals surface area contributed by atoms with Crippen LogP contribution >= 0.6 is 0 Å². The van der Waals surface area contributed by atoms with Gasteiger partial charge in [0.15, 0.2) is 5.65 Å². The van der Waals surface area contributed by atoms with Crippen LogP contribution in [0.1, 0.15) is 68.8 Å². The summed E-state index contributed by atoms with van der Waals surface area (Å²) in [6, 6.07) is 2.07. The van der Waals surface area contributed by atoms with Gasteiger partial charge in [-0.15, -0.1) is 0 Å². The molecule has 4 heteroatoms. The molecule has 0 bridgehead atoms. The number of aromatic nitrogens is 3. The van der Waals surface area contributed by atoms with Crippen molar-refractivity contribution in [3.63, 3.8) is 0 Å². The maximum Gasteiger partial charge on any atom is 0.274 e. The van der Waals surface area contributed by atoms with Crippen LogP contribution in [0.15, 0.2) is 10.9 Å². The molecule has 1 saturated carbocycles. The third-order valence-corrected chi connectivity index (χ3v) is 4.25. The summed E-state index contributed by atoms with van der Waals surface area (Å²) in [5.74, 6) is 1.86. The van der Waals surface area contributed by atoms with Crippen molar-refractivity contribution in [1.82, 2.24) is 14.6 Å². The lowest BCUT2D eigenvalue weighted by atomic mass is 9.85. The number of fused-ring (bicyclic) bond motifs is 1. The van der Waals surface area contributed by atoms with E-state index < -0.39 is 0 Å². The normalized spacial score (nSPS) is 16.2. The molecule has 0 spiro atoms. The predicted molar refractivity (Wildman–Crippen MR) is 75.9 cm³/mol. The molecular formula is C15H21N3O. The standard InChI is InChI=1S/C15H21N3O/c1-4-11-12(9(2)3)8-13-16-14(10-6-5-7-10)17-18(13)15(11)19/h8-10H,4-7H2,1-3H3,(H,16,17). The average molecular weight is 259 g/mol. The number of nitrogens with one attached hydrogen (secondary N) is 1. The number of hydrogen-bond acceptors (Lipinski definition) is 2. The zero-order valence-electron chi connectivity index (χ0n) is 11.9. The topological polar surface area (TPSA) is 50.2 Å². The van der Waals surface area contributed by atoms with Crippen molar-refractivity contribution in [2.45, 2.75) is 58.3 Å². The Hall–Kier alpha value is -1.58. The van der Waals surface area contributed by atoms with Crippen LogP contribution in [-0.2, 0) is 6.42 Å². The molecule has 102 valence electrons. The number of hydrogen-bond donors (Lipinski definition) is 1. The minimum absolute atomic E-state index is 0.0711. The quantitative estimate of drug-likeness (QED) is 0.921. The summed E-state index contributed by atoms with van der Waals surface area (Å²) in [6.45, 7) is 6.30. The molecule has 3 rings (SSSR count). The first-order chi connectivity index (χ1) is 9.11. The van der Waals surface area contributed by atoms with E-state index in [2.05, 4.69) is 30.0 Å². The minimum atomic E-state index is 0.0711. The summed E-state index contributed by atoms with van der Waals surface area (Å²) in [4.78, 5) is 17.1. The van der Waals surface area contributed by atoms with Crippen molar-refractivity contribution < 1.29 is 0 Å².